The van der Waals surface area contributed by atoms with Gasteiger partial charge >= 0.3 is 0 Å². The molecule has 47 heavy (non-hydrogen) atoms. The summed E-state index contributed by atoms with van der Waals surface area (Å²) >= 11 is 1.81. The van der Waals surface area contributed by atoms with Crippen molar-refractivity contribution in [3.8, 4) is 39.6 Å². The van der Waals surface area contributed by atoms with Crippen LogP contribution in [-0.2, 0) is 5.41 Å². The van der Waals surface area contributed by atoms with Gasteiger partial charge in [-0.25, -0.2) is 9.97 Å². The second-order valence-corrected chi connectivity index (χ2v) is 14.1. The minimum absolute atomic E-state index is 0.0746. The molecule has 3 heterocycles. The fraction of sp³-hybridized carbons (Fsp3) is 0.0698. The van der Waals surface area contributed by atoms with E-state index in [1.54, 1.807) is 0 Å². The van der Waals surface area contributed by atoms with Gasteiger partial charge in [0.25, 0.3) is 0 Å². The van der Waals surface area contributed by atoms with E-state index in [-0.39, 0.29) is 5.41 Å². The molecule has 4 heteroatoms. The van der Waals surface area contributed by atoms with E-state index in [4.69, 9.17) is 9.97 Å². The predicted molar refractivity (Wildman–Crippen MR) is 198 cm³/mol. The molecule has 1 aliphatic carbocycles. The average Bonchev–Trinajstić information content (AvgIpc) is 3.73. The number of rotatable bonds is 3. The van der Waals surface area contributed by atoms with E-state index in [9.17, 15) is 0 Å². The molecule has 0 saturated heterocycles. The van der Waals surface area contributed by atoms with Gasteiger partial charge in [-0.2, -0.15) is 0 Å². The first kappa shape index (κ1) is 26.6. The van der Waals surface area contributed by atoms with Gasteiger partial charge in [0.15, 0.2) is 5.82 Å². The van der Waals surface area contributed by atoms with E-state index >= 15 is 0 Å². The maximum absolute atomic E-state index is 5.42. The number of nitrogens with zero attached hydrogens (tertiary/aromatic N) is 3. The summed E-state index contributed by atoms with van der Waals surface area (Å²) in [5.74, 6) is 1.60. The molecule has 3 nitrogen and oxygen atoms in total. The first-order valence-corrected chi connectivity index (χ1v) is 16.9. The van der Waals surface area contributed by atoms with Crippen LogP contribution in [0, 0.1) is 0 Å². The SMILES string of the molecule is CC1(C)c2ccccc2-c2cc3c(cc21)c1ccccc1n3-c1cc(-c2ccccc2)nc(-c2cccc3c2sc2ccccc23)n1. The molecular formula is C43H29N3S. The monoisotopic (exact) mass is 619 g/mol. The van der Waals surface area contributed by atoms with Crippen LogP contribution in [0.4, 0.5) is 0 Å². The van der Waals surface area contributed by atoms with Crippen molar-refractivity contribution in [3.05, 3.63) is 151 Å². The molecule has 3 aromatic heterocycles. The summed E-state index contributed by atoms with van der Waals surface area (Å²) in [6.45, 7) is 4.69. The molecule has 0 N–H and O–H groups in total. The molecule has 0 bridgehead atoms. The number of fused-ring (bicyclic) bond motifs is 9. The molecule has 0 amide bonds. The van der Waals surface area contributed by atoms with Crippen molar-refractivity contribution >= 4 is 53.3 Å². The highest BCUT2D eigenvalue weighted by Crippen LogP contribution is 2.51. The summed E-state index contributed by atoms with van der Waals surface area (Å²) in [6.07, 6.45) is 0. The molecule has 9 aromatic rings. The van der Waals surface area contributed by atoms with E-state index < -0.39 is 0 Å². The zero-order valence-electron chi connectivity index (χ0n) is 26.0. The molecule has 222 valence electrons. The third-order valence-electron chi connectivity index (χ3n) is 10.0. The maximum atomic E-state index is 5.42. The molecule has 10 rings (SSSR count). The molecule has 0 aliphatic heterocycles. The quantitative estimate of drug-likeness (QED) is 0.197. The maximum Gasteiger partial charge on any atom is 0.163 e. The molecule has 0 radical (unpaired) electrons. The van der Waals surface area contributed by atoms with Crippen molar-refractivity contribution in [1.82, 2.24) is 14.5 Å². The number of hydrogen-bond acceptors (Lipinski definition) is 3. The van der Waals surface area contributed by atoms with E-state index in [2.05, 4.69) is 158 Å². The van der Waals surface area contributed by atoms with Gasteiger partial charge in [0, 0.05) is 53.6 Å². The summed E-state index contributed by atoms with van der Waals surface area (Å²) in [4.78, 5) is 10.7. The highest BCUT2D eigenvalue weighted by molar-refractivity contribution is 7.26. The van der Waals surface area contributed by atoms with Crippen LogP contribution in [0.15, 0.2) is 140 Å². The van der Waals surface area contributed by atoms with E-state index in [0.717, 1.165) is 39.5 Å². The second-order valence-electron chi connectivity index (χ2n) is 13.0. The Hall–Kier alpha value is -5.58. The molecule has 0 atom stereocenters. The lowest BCUT2D eigenvalue weighted by Crippen LogP contribution is -2.14. The lowest BCUT2D eigenvalue weighted by Gasteiger charge is -2.21. The summed E-state index contributed by atoms with van der Waals surface area (Å²) in [6, 6.07) is 50.2. The van der Waals surface area contributed by atoms with Gasteiger partial charge in [-0.15, -0.1) is 11.3 Å². The Morgan fingerprint density at radius 3 is 2.15 bits per heavy atom. The van der Waals surface area contributed by atoms with Gasteiger partial charge in [0.1, 0.15) is 5.82 Å². The number of hydrogen-bond donors (Lipinski definition) is 0. The van der Waals surface area contributed by atoms with Gasteiger partial charge in [-0.05, 0) is 52.6 Å². The summed E-state index contributed by atoms with van der Waals surface area (Å²) in [5.41, 5.74) is 10.6. The normalized spacial score (nSPS) is 13.5. The second kappa shape index (κ2) is 9.71. The minimum atomic E-state index is -0.0746. The van der Waals surface area contributed by atoms with Crippen LogP contribution in [0.2, 0.25) is 0 Å². The number of thiophene rings is 1. The molecule has 1 aliphatic rings. The lowest BCUT2D eigenvalue weighted by molar-refractivity contribution is 0.661. The smallest absolute Gasteiger partial charge is 0.163 e. The van der Waals surface area contributed by atoms with Crippen molar-refractivity contribution in [2.75, 3.05) is 0 Å². The first-order valence-electron chi connectivity index (χ1n) is 16.1. The Balaban J connectivity index is 1.30. The Bertz CT molecular complexity index is 2710. The Morgan fingerprint density at radius 1 is 0.532 bits per heavy atom. The van der Waals surface area contributed by atoms with Gasteiger partial charge < -0.3 is 0 Å². The standard InChI is InChI=1S/C43H29N3S/c1-43(2)34-20-9-6-15-27(34)32-24-38-33(23-35(32)43)28-16-7-10-21-37(28)46(38)40-25-36(26-13-4-3-5-14-26)44-42(45-40)31-19-12-18-30-29-17-8-11-22-39(29)47-41(30)31/h3-25H,1-2H3. The zero-order chi connectivity index (χ0) is 31.3. The van der Waals surface area contributed by atoms with Crippen LogP contribution in [0.1, 0.15) is 25.0 Å². The van der Waals surface area contributed by atoms with Gasteiger partial charge in [-0.1, -0.05) is 117 Å². The van der Waals surface area contributed by atoms with Crippen LogP contribution in [-0.4, -0.2) is 14.5 Å². The first-order chi connectivity index (χ1) is 23.1. The number of aromatic nitrogens is 3. The van der Waals surface area contributed by atoms with Crippen molar-refractivity contribution in [3.63, 3.8) is 0 Å². The van der Waals surface area contributed by atoms with E-state index in [1.807, 2.05) is 11.3 Å². The van der Waals surface area contributed by atoms with Gasteiger partial charge in [0.05, 0.1) is 16.7 Å². The third-order valence-corrected chi connectivity index (χ3v) is 11.3. The molecular weight excluding hydrogens is 591 g/mol. The molecule has 0 fully saturated rings. The van der Waals surface area contributed by atoms with E-state index in [1.165, 1.54) is 53.2 Å². The van der Waals surface area contributed by atoms with Crippen molar-refractivity contribution < 1.29 is 0 Å². The molecule has 0 spiro atoms. The van der Waals surface area contributed by atoms with Gasteiger partial charge in [-0.3, -0.25) is 4.57 Å². The van der Waals surface area contributed by atoms with Crippen LogP contribution >= 0.6 is 11.3 Å². The van der Waals surface area contributed by atoms with Crippen molar-refractivity contribution in [1.29, 1.82) is 0 Å². The van der Waals surface area contributed by atoms with Crippen molar-refractivity contribution in [2.45, 2.75) is 19.3 Å². The van der Waals surface area contributed by atoms with Crippen LogP contribution in [0.3, 0.4) is 0 Å². The fourth-order valence-corrected chi connectivity index (χ4v) is 8.97. The molecule has 0 saturated carbocycles. The van der Waals surface area contributed by atoms with E-state index in [0.29, 0.717) is 0 Å². The largest absolute Gasteiger partial charge is 0.294 e. The highest BCUT2D eigenvalue weighted by atomic mass is 32.1. The van der Waals surface area contributed by atoms with Crippen LogP contribution in [0.5, 0.6) is 0 Å². The summed E-state index contributed by atoms with van der Waals surface area (Å²) in [7, 11) is 0. The number of para-hydroxylation sites is 1. The summed E-state index contributed by atoms with van der Waals surface area (Å²) in [5, 5.41) is 4.98. The Kier molecular flexibility index (Phi) is 5.50. The Morgan fingerprint density at radius 2 is 1.26 bits per heavy atom. The van der Waals surface area contributed by atoms with Crippen LogP contribution in [0.25, 0.3) is 81.6 Å². The molecule has 0 unspecified atom stereocenters. The van der Waals surface area contributed by atoms with Crippen LogP contribution < -0.4 is 0 Å². The van der Waals surface area contributed by atoms with Gasteiger partial charge in [0.2, 0.25) is 0 Å². The van der Waals surface area contributed by atoms with Crippen molar-refractivity contribution in [2.24, 2.45) is 0 Å². The minimum Gasteiger partial charge on any atom is -0.294 e. The summed E-state index contributed by atoms with van der Waals surface area (Å²) < 4.78 is 4.83. The average molecular weight is 620 g/mol. The fourth-order valence-electron chi connectivity index (χ4n) is 7.76. The Labute approximate surface area is 276 Å². The zero-order valence-corrected chi connectivity index (χ0v) is 26.8. The lowest BCUT2D eigenvalue weighted by atomic mass is 9.82. The molecule has 6 aromatic carbocycles. The number of benzene rings is 6. The predicted octanol–water partition coefficient (Wildman–Crippen LogP) is 11.6. The topological polar surface area (TPSA) is 30.7 Å². The highest BCUT2D eigenvalue weighted by Gasteiger charge is 2.36. The third kappa shape index (κ3) is 3.79.